The number of aliphatic carboxylic acids is 1. The van der Waals surface area contributed by atoms with Gasteiger partial charge in [-0.2, -0.15) is 0 Å². The van der Waals surface area contributed by atoms with Crippen molar-refractivity contribution in [3.05, 3.63) is 28.5 Å². The number of hydrogen-bond donors (Lipinski definition) is 2. The third-order valence-corrected chi connectivity index (χ3v) is 4.73. The number of halogens is 2. The summed E-state index contributed by atoms with van der Waals surface area (Å²) in [5.41, 5.74) is 0. The molecule has 106 valence electrons. The van der Waals surface area contributed by atoms with Crippen LogP contribution >= 0.6 is 15.9 Å². The number of carbonyl (C=O) groups is 1. The van der Waals surface area contributed by atoms with Gasteiger partial charge in [-0.25, -0.2) is 17.5 Å². The molecule has 1 aromatic rings. The number of benzene rings is 1. The van der Waals surface area contributed by atoms with Gasteiger partial charge in [-0.1, -0.05) is 6.92 Å². The molecule has 2 N–H and O–H groups in total. The lowest BCUT2D eigenvalue weighted by molar-refractivity contribution is -0.137. The van der Waals surface area contributed by atoms with Crippen LogP contribution in [0.2, 0.25) is 0 Å². The molecule has 0 saturated heterocycles. The Morgan fingerprint density at radius 2 is 2.16 bits per heavy atom. The summed E-state index contributed by atoms with van der Waals surface area (Å²) < 4.78 is 39.2. The van der Waals surface area contributed by atoms with Gasteiger partial charge in [0.2, 0.25) is 10.0 Å². The van der Waals surface area contributed by atoms with Crippen LogP contribution in [0.15, 0.2) is 27.6 Å². The van der Waals surface area contributed by atoms with Gasteiger partial charge < -0.3 is 5.11 Å². The van der Waals surface area contributed by atoms with Crippen LogP contribution in [0.5, 0.6) is 0 Å². The standard InChI is InChI=1S/C11H13BrFNO4S/c1-7(4-11(15)16)6-14-19(17,18)10-3-2-8(13)5-9(10)12/h2-3,5,7,14H,4,6H2,1H3,(H,15,16). The molecular weight excluding hydrogens is 341 g/mol. The SMILES string of the molecule is CC(CNS(=O)(=O)c1ccc(F)cc1Br)CC(=O)O. The molecule has 0 radical (unpaired) electrons. The van der Waals surface area contributed by atoms with Gasteiger partial charge in [0.25, 0.3) is 0 Å². The Morgan fingerprint density at radius 3 is 2.68 bits per heavy atom. The maximum atomic E-state index is 12.9. The predicted molar refractivity (Wildman–Crippen MR) is 70.7 cm³/mol. The zero-order valence-electron chi connectivity index (χ0n) is 10.1. The second-order valence-electron chi connectivity index (χ2n) is 4.13. The van der Waals surface area contributed by atoms with Gasteiger partial charge in [-0.3, -0.25) is 4.79 Å². The summed E-state index contributed by atoms with van der Waals surface area (Å²) in [5, 5.41) is 8.58. The van der Waals surface area contributed by atoms with Crippen molar-refractivity contribution in [1.82, 2.24) is 4.72 Å². The molecule has 5 nitrogen and oxygen atoms in total. The Morgan fingerprint density at radius 1 is 1.53 bits per heavy atom. The van der Waals surface area contributed by atoms with Gasteiger partial charge in [0, 0.05) is 17.4 Å². The molecule has 1 unspecified atom stereocenters. The van der Waals surface area contributed by atoms with Gasteiger partial charge >= 0.3 is 5.97 Å². The van der Waals surface area contributed by atoms with Crippen LogP contribution < -0.4 is 4.72 Å². The summed E-state index contributed by atoms with van der Waals surface area (Å²) >= 11 is 2.98. The van der Waals surface area contributed by atoms with Crippen LogP contribution in [0.3, 0.4) is 0 Å². The van der Waals surface area contributed by atoms with Crippen molar-refractivity contribution in [3.63, 3.8) is 0 Å². The van der Waals surface area contributed by atoms with Crippen molar-refractivity contribution < 1.29 is 22.7 Å². The maximum Gasteiger partial charge on any atom is 0.303 e. The van der Waals surface area contributed by atoms with E-state index in [0.717, 1.165) is 18.2 Å². The molecule has 0 fully saturated rings. The molecule has 0 amide bonds. The number of nitrogens with one attached hydrogen (secondary N) is 1. The first kappa shape index (κ1) is 16.1. The van der Waals surface area contributed by atoms with E-state index in [4.69, 9.17) is 5.11 Å². The Hall–Kier alpha value is -0.990. The maximum absolute atomic E-state index is 12.9. The first-order valence-corrected chi connectivity index (χ1v) is 7.66. The van der Waals surface area contributed by atoms with Crippen LogP contribution in [-0.4, -0.2) is 26.0 Å². The largest absolute Gasteiger partial charge is 0.481 e. The second kappa shape index (κ2) is 6.44. The van der Waals surface area contributed by atoms with Gasteiger partial charge in [0.05, 0.1) is 4.90 Å². The van der Waals surface area contributed by atoms with E-state index < -0.39 is 21.8 Å². The molecule has 0 heterocycles. The Bertz CT molecular complexity index is 576. The van der Waals surface area contributed by atoms with Crippen molar-refractivity contribution >= 4 is 31.9 Å². The first-order valence-electron chi connectivity index (χ1n) is 5.39. The topological polar surface area (TPSA) is 83.5 Å². The van der Waals surface area contributed by atoms with Crippen LogP contribution in [0.25, 0.3) is 0 Å². The lowest BCUT2D eigenvalue weighted by Gasteiger charge is -2.12. The summed E-state index contributed by atoms with van der Waals surface area (Å²) in [6.07, 6.45) is -0.132. The molecule has 1 rings (SSSR count). The monoisotopic (exact) mass is 353 g/mol. The van der Waals surface area contributed by atoms with Gasteiger partial charge in [-0.15, -0.1) is 0 Å². The highest BCUT2D eigenvalue weighted by Crippen LogP contribution is 2.22. The highest BCUT2D eigenvalue weighted by atomic mass is 79.9. The summed E-state index contributed by atoms with van der Waals surface area (Å²) in [6.45, 7) is 1.62. The fraction of sp³-hybridized carbons (Fsp3) is 0.364. The fourth-order valence-electron chi connectivity index (χ4n) is 1.39. The summed E-state index contributed by atoms with van der Waals surface area (Å²) in [5.74, 6) is -1.88. The van der Waals surface area contributed by atoms with E-state index in [1.807, 2.05) is 0 Å². The summed E-state index contributed by atoms with van der Waals surface area (Å²) in [4.78, 5) is 10.4. The number of carboxylic acid groups (broad SMARTS) is 1. The highest BCUT2D eigenvalue weighted by Gasteiger charge is 2.19. The van der Waals surface area contributed by atoms with Crippen molar-refractivity contribution in [2.45, 2.75) is 18.2 Å². The van der Waals surface area contributed by atoms with Gasteiger partial charge in [0.1, 0.15) is 5.82 Å². The van der Waals surface area contributed by atoms with Gasteiger partial charge in [-0.05, 0) is 40.0 Å². The molecule has 1 aromatic carbocycles. The highest BCUT2D eigenvalue weighted by molar-refractivity contribution is 9.10. The average Bonchev–Trinajstić information content (AvgIpc) is 2.25. The lowest BCUT2D eigenvalue weighted by atomic mass is 10.1. The average molecular weight is 354 g/mol. The Balaban J connectivity index is 2.79. The van der Waals surface area contributed by atoms with E-state index in [1.54, 1.807) is 6.92 Å². The normalized spacial score (nSPS) is 13.2. The molecular formula is C11H13BrFNO4S. The van der Waals surface area contributed by atoms with Crippen LogP contribution in [0.1, 0.15) is 13.3 Å². The second-order valence-corrected chi connectivity index (χ2v) is 6.72. The van der Waals surface area contributed by atoms with Crippen LogP contribution in [0, 0.1) is 11.7 Å². The zero-order valence-corrected chi connectivity index (χ0v) is 12.5. The predicted octanol–water partition coefficient (Wildman–Crippen LogP) is 1.98. The van der Waals surface area contributed by atoms with Crippen molar-refractivity contribution in [1.29, 1.82) is 0 Å². The van der Waals surface area contributed by atoms with Gasteiger partial charge in [0.15, 0.2) is 0 Å². The molecule has 8 heteroatoms. The minimum Gasteiger partial charge on any atom is -0.481 e. The molecule has 0 aliphatic heterocycles. The smallest absolute Gasteiger partial charge is 0.303 e. The third kappa shape index (κ3) is 4.88. The number of rotatable bonds is 6. The minimum absolute atomic E-state index is 0.00154. The van der Waals surface area contributed by atoms with Crippen LogP contribution in [0.4, 0.5) is 4.39 Å². The van der Waals surface area contributed by atoms with E-state index in [1.165, 1.54) is 0 Å². The number of sulfonamides is 1. The van der Waals surface area contributed by atoms with Crippen LogP contribution in [-0.2, 0) is 14.8 Å². The molecule has 0 aromatic heterocycles. The molecule has 0 spiro atoms. The summed E-state index contributed by atoms with van der Waals surface area (Å²) in [7, 11) is -3.80. The summed E-state index contributed by atoms with van der Waals surface area (Å²) in [6, 6.07) is 3.23. The fourth-order valence-corrected chi connectivity index (χ4v) is 3.61. The number of hydrogen-bond acceptors (Lipinski definition) is 3. The van der Waals surface area contributed by atoms with E-state index in [2.05, 4.69) is 20.7 Å². The first-order chi connectivity index (χ1) is 8.72. The minimum atomic E-state index is -3.80. The van der Waals surface area contributed by atoms with E-state index in [9.17, 15) is 17.6 Å². The Kier molecular flexibility index (Phi) is 5.45. The zero-order chi connectivity index (χ0) is 14.6. The Labute approximate surface area is 119 Å². The number of carboxylic acids is 1. The van der Waals surface area contributed by atoms with E-state index >= 15 is 0 Å². The van der Waals surface area contributed by atoms with Crippen molar-refractivity contribution in [3.8, 4) is 0 Å². The molecule has 0 saturated carbocycles. The molecule has 0 bridgehead atoms. The van der Waals surface area contributed by atoms with E-state index in [-0.39, 0.29) is 28.3 Å². The van der Waals surface area contributed by atoms with Crippen molar-refractivity contribution in [2.24, 2.45) is 5.92 Å². The third-order valence-electron chi connectivity index (χ3n) is 2.33. The molecule has 0 aliphatic carbocycles. The van der Waals surface area contributed by atoms with E-state index in [0.29, 0.717) is 0 Å². The quantitative estimate of drug-likeness (QED) is 0.818. The molecule has 1 atom stereocenters. The molecule has 19 heavy (non-hydrogen) atoms. The molecule has 0 aliphatic rings. The lowest BCUT2D eigenvalue weighted by Crippen LogP contribution is -2.29. The van der Waals surface area contributed by atoms with Crippen molar-refractivity contribution in [2.75, 3.05) is 6.54 Å².